The Morgan fingerprint density at radius 2 is 0.750 bits per heavy atom. The summed E-state index contributed by atoms with van der Waals surface area (Å²) in [7, 11) is 0. The van der Waals surface area contributed by atoms with Crippen molar-refractivity contribution in [3.63, 3.8) is 0 Å². The van der Waals surface area contributed by atoms with Crippen molar-refractivity contribution in [2.24, 2.45) is 53.3 Å². The number of carbonyl (C=O) groups excluding carboxylic acids is 3. The van der Waals surface area contributed by atoms with E-state index in [1.54, 1.807) is 18.2 Å². The molecule has 3 N–H and O–H groups in total. The van der Waals surface area contributed by atoms with Crippen LogP contribution in [0.2, 0.25) is 0 Å². The van der Waals surface area contributed by atoms with Gasteiger partial charge in [-0.1, -0.05) is 62.3 Å². The van der Waals surface area contributed by atoms with Crippen LogP contribution in [0.15, 0.2) is 18.2 Å². The van der Waals surface area contributed by atoms with Gasteiger partial charge in [0.25, 0.3) is 17.7 Å². The quantitative estimate of drug-likeness (QED) is 0.208. The zero-order chi connectivity index (χ0) is 35.1. The van der Waals surface area contributed by atoms with Crippen molar-refractivity contribution in [1.82, 2.24) is 16.0 Å². The third kappa shape index (κ3) is 11.1. The Bertz CT molecular complexity index is 1060. The molecule has 9 atom stereocenters. The van der Waals surface area contributed by atoms with Crippen molar-refractivity contribution in [2.45, 2.75) is 157 Å². The molecule has 0 bridgehead atoms. The second-order valence-electron chi connectivity index (χ2n) is 17.9. The smallest absolute Gasteiger partial charge is 0.251 e. The molecule has 3 saturated carbocycles. The second-order valence-corrected chi connectivity index (χ2v) is 17.9. The van der Waals surface area contributed by atoms with Gasteiger partial charge in [-0.05, 0) is 149 Å². The molecule has 0 spiro atoms. The lowest BCUT2D eigenvalue weighted by atomic mass is 9.75. The fourth-order valence-electron chi connectivity index (χ4n) is 9.58. The molecule has 6 heteroatoms. The molecule has 48 heavy (non-hydrogen) atoms. The molecular weight excluding hydrogens is 594 g/mol. The van der Waals surface area contributed by atoms with Crippen LogP contribution in [-0.4, -0.2) is 35.8 Å². The first-order valence-electron chi connectivity index (χ1n) is 19.8. The second kappa shape index (κ2) is 17.5. The fraction of sp³-hybridized carbons (Fsp3) is 0.786. The minimum Gasteiger partial charge on any atom is -0.349 e. The minimum atomic E-state index is -0.192. The molecule has 0 radical (unpaired) electrons. The molecular formula is C42H69N3O3. The summed E-state index contributed by atoms with van der Waals surface area (Å²) in [6, 6.07) is 5.39. The van der Waals surface area contributed by atoms with Crippen LogP contribution in [0.4, 0.5) is 0 Å². The van der Waals surface area contributed by atoms with E-state index in [0.29, 0.717) is 70.0 Å². The lowest BCUT2D eigenvalue weighted by Gasteiger charge is -2.36. The van der Waals surface area contributed by atoms with Crippen molar-refractivity contribution in [1.29, 1.82) is 0 Å². The minimum absolute atomic E-state index is 0.0967. The van der Waals surface area contributed by atoms with E-state index in [0.717, 1.165) is 57.8 Å². The summed E-state index contributed by atoms with van der Waals surface area (Å²) in [5.41, 5.74) is 1.19. The van der Waals surface area contributed by atoms with E-state index in [1.165, 1.54) is 19.3 Å². The number of amides is 3. The highest BCUT2D eigenvalue weighted by Crippen LogP contribution is 2.36. The Balaban J connectivity index is 1.50. The Morgan fingerprint density at radius 3 is 0.958 bits per heavy atom. The van der Waals surface area contributed by atoms with Crippen LogP contribution in [0.1, 0.15) is 170 Å². The standard InChI is InChI=1S/C42H69N3O3/c1-25(2)16-31-10-13-37(28(7)19-31)43-40(46)34-22-35(41(47)44-38-14-11-32(17-26(3)4)20-29(38)8)24-36(23-34)42(48)45-39-15-12-33(18-27(5)6)21-30(39)9/h22-33,37-39H,10-21H2,1-9H3,(H,43,46)(H,44,47)(H,45,48). The van der Waals surface area contributed by atoms with Gasteiger partial charge in [-0.15, -0.1) is 0 Å². The average molecular weight is 664 g/mol. The summed E-state index contributed by atoms with van der Waals surface area (Å²) in [5, 5.41) is 9.92. The molecule has 0 heterocycles. The highest BCUT2D eigenvalue weighted by Gasteiger charge is 2.33. The van der Waals surface area contributed by atoms with E-state index in [4.69, 9.17) is 0 Å². The third-order valence-electron chi connectivity index (χ3n) is 11.9. The third-order valence-corrected chi connectivity index (χ3v) is 11.9. The van der Waals surface area contributed by atoms with Crippen LogP contribution < -0.4 is 16.0 Å². The molecule has 1 aromatic rings. The SMILES string of the molecule is CC(C)CC1CCC(NC(=O)c2cc(C(=O)NC3CCC(CC(C)C)CC3C)cc(C(=O)NC3CCC(CC(C)C)CC3C)c2)C(C)C1. The largest absolute Gasteiger partial charge is 0.349 e. The number of carbonyl (C=O) groups is 3. The van der Waals surface area contributed by atoms with E-state index in [1.807, 2.05) is 0 Å². The van der Waals surface area contributed by atoms with Crippen LogP contribution in [0.3, 0.4) is 0 Å². The van der Waals surface area contributed by atoms with Gasteiger partial charge in [0.15, 0.2) is 0 Å². The first kappa shape index (κ1) is 38.4. The van der Waals surface area contributed by atoms with E-state index in [-0.39, 0.29) is 35.8 Å². The maximum Gasteiger partial charge on any atom is 0.251 e. The summed E-state index contributed by atoms with van der Waals surface area (Å²) < 4.78 is 0. The Labute approximate surface area is 293 Å². The number of nitrogens with one attached hydrogen (secondary N) is 3. The van der Waals surface area contributed by atoms with Crippen LogP contribution in [-0.2, 0) is 0 Å². The summed E-state index contributed by atoms with van der Waals surface area (Å²) >= 11 is 0. The summed E-state index contributed by atoms with van der Waals surface area (Å²) in [6.07, 6.45) is 13.3. The highest BCUT2D eigenvalue weighted by molar-refractivity contribution is 6.04. The average Bonchev–Trinajstić information content (AvgIpc) is 3.00. The van der Waals surface area contributed by atoms with Gasteiger partial charge in [0, 0.05) is 34.8 Å². The Hall–Kier alpha value is -2.37. The monoisotopic (exact) mass is 664 g/mol. The van der Waals surface area contributed by atoms with Crippen molar-refractivity contribution in [3.05, 3.63) is 34.9 Å². The van der Waals surface area contributed by atoms with E-state index >= 15 is 0 Å². The van der Waals surface area contributed by atoms with Crippen molar-refractivity contribution >= 4 is 17.7 Å². The first-order valence-corrected chi connectivity index (χ1v) is 19.8. The Morgan fingerprint density at radius 1 is 0.500 bits per heavy atom. The van der Waals surface area contributed by atoms with Gasteiger partial charge >= 0.3 is 0 Å². The normalized spacial score (nSPS) is 31.1. The lowest BCUT2D eigenvalue weighted by molar-refractivity contribution is 0.0891. The number of benzene rings is 1. The molecule has 3 amide bonds. The maximum absolute atomic E-state index is 13.8. The van der Waals surface area contributed by atoms with E-state index < -0.39 is 0 Å². The molecule has 1 aromatic carbocycles. The number of hydrogen-bond donors (Lipinski definition) is 3. The summed E-state index contributed by atoms with van der Waals surface area (Å²) in [4.78, 5) is 41.5. The molecule has 4 rings (SSSR count). The van der Waals surface area contributed by atoms with Gasteiger partial charge in [-0.2, -0.15) is 0 Å². The Kier molecular flexibility index (Phi) is 14.0. The van der Waals surface area contributed by atoms with Crippen molar-refractivity contribution < 1.29 is 14.4 Å². The number of hydrogen-bond acceptors (Lipinski definition) is 3. The van der Waals surface area contributed by atoms with Crippen LogP contribution in [0, 0.1) is 53.3 Å². The highest BCUT2D eigenvalue weighted by atomic mass is 16.2. The van der Waals surface area contributed by atoms with E-state index in [2.05, 4.69) is 78.3 Å². The lowest BCUT2D eigenvalue weighted by Crippen LogP contribution is -2.44. The van der Waals surface area contributed by atoms with Gasteiger partial charge in [0.2, 0.25) is 0 Å². The van der Waals surface area contributed by atoms with Crippen LogP contribution in [0.25, 0.3) is 0 Å². The van der Waals surface area contributed by atoms with Gasteiger partial charge in [0.1, 0.15) is 0 Å². The number of rotatable bonds is 12. The molecule has 9 unspecified atom stereocenters. The summed E-state index contributed by atoms with van der Waals surface area (Å²) in [5.74, 6) is 4.77. The molecule has 3 aliphatic rings. The van der Waals surface area contributed by atoms with Gasteiger partial charge in [0.05, 0.1) is 0 Å². The zero-order valence-corrected chi connectivity index (χ0v) is 31.9. The molecule has 3 aliphatic carbocycles. The maximum atomic E-state index is 13.8. The van der Waals surface area contributed by atoms with Crippen molar-refractivity contribution in [3.8, 4) is 0 Å². The predicted octanol–water partition coefficient (Wildman–Crippen LogP) is 9.43. The molecule has 0 aromatic heterocycles. The van der Waals surface area contributed by atoms with Crippen molar-refractivity contribution in [2.75, 3.05) is 0 Å². The molecule has 3 fully saturated rings. The van der Waals surface area contributed by atoms with Gasteiger partial charge in [-0.3, -0.25) is 14.4 Å². The van der Waals surface area contributed by atoms with Crippen LogP contribution in [0.5, 0.6) is 0 Å². The van der Waals surface area contributed by atoms with E-state index in [9.17, 15) is 14.4 Å². The summed E-state index contributed by atoms with van der Waals surface area (Å²) in [6.45, 7) is 20.4. The van der Waals surface area contributed by atoms with Gasteiger partial charge in [-0.25, -0.2) is 0 Å². The molecule has 270 valence electrons. The molecule has 0 saturated heterocycles. The van der Waals surface area contributed by atoms with Crippen LogP contribution >= 0.6 is 0 Å². The zero-order valence-electron chi connectivity index (χ0n) is 31.9. The topological polar surface area (TPSA) is 87.3 Å². The first-order chi connectivity index (χ1) is 22.7. The van der Waals surface area contributed by atoms with Gasteiger partial charge < -0.3 is 16.0 Å². The predicted molar refractivity (Wildman–Crippen MR) is 198 cm³/mol. The molecule has 6 nitrogen and oxygen atoms in total. The molecule has 0 aliphatic heterocycles. The fourth-order valence-corrected chi connectivity index (χ4v) is 9.58.